The van der Waals surface area contributed by atoms with Crippen molar-refractivity contribution in [2.75, 3.05) is 0 Å². The van der Waals surface area contributed by atoms with E-state index in [0.29, 0.717) is 5.41 Å². The van der Waals surface area contributed by atoms with E-state index in [2.05, 4.69) is 47.5 Å². The topological polar surface area (TPSA) is 17.8 Å². The molecule has 0 saturated heterocycles. The minimum absolute atomic E-state index is 0.452. The molecule has 0 atom stereocenters. The van der Waals surface area contributed by atoms with E-state index in [0.717, 1.165) is 12.2 Å². The van der Waals surface area contributed by atoms with E-state index >= 15 is 0 Å². The number of nitrogens with zero attached hydrogens (tertiary/aromatic N) is 2. The number of hydrogen-bond donors (Lipinski definition) is 0. The van der Waals surface area contributed by atoms with Crippen LogP contribution >= 0.6 is 0 Å². The van der Waals surface area contributed by atoms with Gasteiger partial charge in [0.05, 0.1) is 11.2 Å². The Labute approximate surface area is 102 Å². The van der Waals surface area contributed by atoms with E-state index in [9.17, 15) is 0 Å². The van der Waals surface area contributed by atoms with Crippen molar-refractivity contribution >= 4 is 17.0 Å². The van der Waals surface area contributed by atoms with Crippen molar-refractivity contribution in [2.24, 2.45) is 5.41 Å². The van der Waals surface area contributed by atoms with Crippen molar-refractivity contribution < 1.29 is 0 Å². The summed E-state index contributed by atoms with van der Waals surface area (Å²) in [5, 5.41) is 5.89. The second kappa shape index (κ2) is 3.73. The van der Waals surface area contributed by atoms with Crippen molar-refractivity contribution in [3.8, 4) is 0 Å². The van der Waals surface area contributed by atoms with Crippen LogP contribution in [0.4, 0.5) is 0 Å². The van der Waals surface area contributed by atoms with Crippen molar-refractivity contribution in [1.29, 1.82) is 0 Å². The molecular formula is C15H18N2. The predicted octanol–water partition coefficient (Wildman–Crippen LogP) is 3.87. The van der Waals surface area contributed by atoms with E-state index < -0.39 is 0 Å². The zero-order valence-corrected chi connectivity index (χ0v) is 10.3. The summed E-state index contributed by atoms with van der Waals surface area (Å²) in [6, 6.07) is 8.42. The maximum Gasteiger partial charge on any atom is 0.0923 e. The number of benzene rings is 1. The molecule has 0 radical (unpaired) electrons. The van der Waals surface area contributed by atoms with Gasteiger partial charge in [0.15, 0.2) is 0 Å². The summed E-state index contributed by atoms with van der Waals surface area (Å²) in [7, 11) is 0. The molecule has 0 aliphatic heterocycles. The normalized spacial score (nSPS) is 17.9. The van der Waals surface area contributed by atoms with Crippen LogP contribution in [0.25, 0.3) is 17.0 Å². The summed E-state index contributed by atoms with van der Waals surface area (Å²) < 4.78 is 2.16. The Bertz CT molecular complexity index is 561. The molecule has 1 aliphatic rings. The molecule has 0 N–H and O–H groups in total. The van der Waals surface area contributed by atoms with Crippen LogP contribution in [0.3, 0.4) is 0 Å². The van der Waals surface area contributed by atoms with Gasteiger partial charge in [0.2, 0.25) is 0 Å². The third-order valence-electron chi connectivity index (χ3n) is 3.97. The van der Waals surface area contributed by atoms with Gasteiger partial charge < -0.3 is 0 Å². The molecule has 0 unspecified atom stereocenters. The number of aromatic nitrogens is 2. The molecule has 1 heterocycles. The molecule has 1 saturated carbocycles. The molecule has 1 fully saturated rings. The molecule has 0 amide bonds. The third-order valence-corrected chi connectivity index (χ3v) is 3.97. The second-order valence-electron chi connectivity index (χ2n) is 5.43. The fraction of sp³-hybridized carbons (Fsp3) is 0.400. The Kier molecular flexibility index (Phi) is 2.32. The first kappa shape index (κ1) is 10.6. The van der Waals surface area contributed by atoms with Gasteiger partial charge in [-0.2, -0.15) is 5.10 Å². The largest absolute Gasteiger partial charge is 0.264 e. The first-order valence-electron chi connectivity index (χ1n) is 6.30. The van der Waals surface area contributed by atoms with Crippen LogP contribution in [0.2, 0.25) is 0 Å². The molecule has 1 aromatic carbocycles. The van der Waals surface area contributed by atoms with Crippen molar-refractivity contribution in [1.82, 2.24) is 9.78 Å². The molecule has 88 valence electrons. The van der Waals surface area contributed by atoms with Crippen molar-refractivity contribution in [3.05, 3.63) is 36.5 Å². The molecule has 0 spiro atoms. The summed E-state index contributed by atoms with van der Waals surface area (Å²) in [6.07, 6.45) is 5.86. The maximum atomic E-state index is 4.67. The van der Waals surface area contributed by atoms with Crippen LogP contribution < -0.4 is 0 Å². The third kappa shape index (κ3) is 1.68. The number of rotatable bonds is 3. The van der Waals surface area contributed by atoms with E-state index in [1.165, 1.54) is 30.2 Å². The predicted molar refractivity (Wildman–Crippen MR) is 71.8 cm³/mol. The zero-order chi connectivity index (χ0) is 11.9. The highest BCUT2D eigenvalue weighted by molar-refractivity contribution is 5.86. The SMILES string of the molecule is C=Cc1nn(CC2(C)CCC2)c2ccccc12. The van der Waals surface area contributed by atoms with Gasteiger partial charge in [0.1, 0.15) is 0 Å². The van der Waals surface area contributed by atoms with Crippen LogP contribution in [0.5, 0.6) is 0 Å². The van der Waals surface area contributed by atoms with Gasteiger partial charge >= 0.3 is 0 Å². The average Bonchev–Trinajstić information content (AvgIpc) is 2.66. The molecule has 1 aromatic heterocycles. The van der Waals surface area contributed by atoms with Gasteiger partial charge in [-0.3, -0.25) is 4.68 Å². The van der Waals surface area contributed by atoms with Crippen molar-refractivity contribution in [2.45, 2.75) is 32.7 Å². The summed E-state index contributed by atoms with van der Waals surface area (Å²) in [5.41, 5.74) is 2.69. The maximum absolute atomic E-state index is 4.67. The minimum atomic E-state index is 0.452. The van der Waals surface area contributed by atoms with Crippen LogP contribution in [-0.2, 0) is 6.54 Å². The summed E-state index contributed by atoms with van der Waals surface area (Å²) >= 11 is 0. The zero-order valence-electron chi connectivity index (χ0n) is 10.3. The van der Waals surface area contributed by atoms with Gasteiger partial charge in [-0.05, 0) is 30.4 Å². The summed E-state index contributed by atoms with van der Waals surface area (Å²) in [5.74, 6) is 0. The fourth-order valence-corrected chi connectivity index (χ4v) is 2.72. The molecule has 0 bridgehead atoms. The van der Waals surface area contributed by atoms with E-state index in [-0.39, 0.29) is 0 Å². The number of hydrogen-bond acceptors (Lipinski definition) is 1. The van der Waals surface area contributed by atoms with Gasteiger partial charge in [0.25, 0.3) is 0 Å². The molecule has 1 aliphatic carbocycles. The standard InChI is InChI=1S/C15H18N2/c1-3-13-12-7-4-5-8-14(12)17(16-13)11-15(2)9-6-10-15/h3-5,7-8H,1,6,9-11H2,2H3. The first-order valence-corrected chi connectivity index (χ1v) is 6.30. The molecule has 2 aromatic rings. The van der Waals surface area contributed by atoms with E-state index in [1.54, 1.807) is 0 Å². The second-order valence-corrected chi connectivity index (χ2v) is 5.43. The molecule has 2 heteroatoms. The minimum Gasteiger partial charge on any atom is -0.264 e. The monoisotopic (exact) mass is 226 g/mol. The van der Waals surface area contributed by atoms with E-state index in [1.807, 2.05) is 6.08 Å². The van der Waals surface area contributed by atoms with Crippen LogP contribution in [0, 0.1) is 5.41 Å². The highest BCUT2D eigenvalue weighted by Crippen LogP contribution is 2.42. The molecule has 3 rings (SSSR count). The van der Waals surface area contributed by atoms with Gasteiger partial charge in [-0.1, -0.05) is 38.1 Å². The number of para-hydroxylation sites is 1. The smallest absolute Gasteiger partial charge is 0.0923 e. The van der Waals surface area contributed by atoms with Crippen molar-refractivity contribution in [3.63, 3.8) is 0 Å². The fourth-order valence-electron chi connectivity index (χ4n) is 2.72. The Balaban J connectivity index is 2.06. The molecule has 2 nitrogen and oxygen atoms in total. The van der Waals surface area contributed by atoms with Gasteiger partial charge in [-0.15, -0.1) is 0 Å². The molecular weight excluding hydrogens is 208 g/mol. The van der Waals surface area contributed by atoms with E-state index in [4.69, 9.17) is 0 Å². The lowest BCUT2D eigenvalue weighted by Crippen LogP contribution is -2.31. The lowest BCUT2D eigenvalue weighted by molar-refractivity contribution is 0.128. The Morgan fingerprint density at radius 2 is 2.18 bits per heavy atom. The summed E-state index contributed by atoms with van der Waals surface area (Å²) in [6.45, 7) is 7.24. The lowest BCUT2D eigenvalue weighted by atomic mass is 9.70. The average molecular weight is 226 g/mol. The first-order chi connectivity index (χ1) is 8.22. The van der Waals surface area contributed by atoms with Gasteiger partial charge in [0, 0.05) is 11.9 Å². The molecule has 17 heavy (non-hydrogen) atoms. The highest BCUT2D eigenvalue weighted by Gasteiger charge is 2.32. The lowest BCUT2D eigenvalue weighted by Gasteiger charge is -2.38. The number of fused-ring (bicyclic) bond motifs is 1. The highest BCUT2D eigenvalue weighted by atomic mass is 15.3. The Hall–Kier alpha value is -1.57. The Morgan fingerprint density at radius 3 is 2.82 bits per heavy atom. The van der Waals surface area contributed by atoms with Gasteiger partial charge in [-0.25, -0.2) is 0 Å². The Morgan fingerprint density at radius 1 is 1.41 bits per heavy atom. The van der Waals surface area contributed by atoms with Crippen LogP contribution in [-0.4, -0.2) is 9.78 Å². The summed E-state index contributed by atoms with van der Waals surface area (Å²) in [4.78, 5) is 0. The van der Waals surface area contributed by atoms with Crippen LogP contribution in [0.15, 0.2) is 30.8 Å². The quantitative estimate of drug-likeness (QED) is 0.776. The van der Waals surface area contributed by atoms with Crippen LogP contribution in [0.1, 0.15) is 31.9 Å².